The molecule has 0 bridgehead atoms. The van der Waals surface area contributed by atoms with Crippen molar-refractivity contribution in [3.63, 3.8) is 0 Å². The van der Waals surface area contributed by atoms with Gasteiger partial charge in [0.2, 0.25) is 0 Å². The van der Waals surface area contributed by atoms with E-state index >= 15 is 0 Å². The Kier molecular flexibility index (Phi) is 3.44. The van der Waals surface area contributed by atoms with Crippen LogP contribution in [0.25, 0.3) is 11.1 Å². The van der Waals surface area contributed by atoms with Gasteiger partial charge in [0.05, 0.1) is 5.52 Å². The molecule has 0 atom stereocenters. The molecular weight excluding hydrogens is 374 g/mol. The van der Waals surface area contributed by atoms with Crippen molar-refractivity contribution in [1.82, 2.24) is 4.57 Å². The standard InChI is InChI=1S/C12H11F3INO2/c1-11(2,16)7-3-4-9-8(5-7)17(10(18)19-9)6-12(13,14)15/h3-5H,6H2,1-2H3. The molecule has 0 aliphatic carbocycles. The van der Waals surface area contributed by atoms with Crippen LogP contribution in [0, 0.1) is 0 Å². The molecule has 0 saturated carbocycles. The van der Waals surface area contributed by atoms with Gasteiger partial charge < -0.3 is 4.42 Å². The summed E-state index contributed by atoms with van der Waals surface area (Å²) in [5.41, 5.74) is 1.17. The van der Waals surface area contributed by atoms with Crippen molar-refractivity contribution in [3.05, 3.63) is 34.3 Å². The molecule has 1 aromatic carbocycles. The van der Waals surface area contributed by atoms with Crippen molar-refractivity contribution in [2.24, 2.45) is 0 Å². The number of nitrogens with zero attached hydrogens (tertiary/aromatic N) is 1. The van der Waals surface area contributed by atoms with Gasteiger partial charge in [0.15, 0.2) is 5.58 Å². The Bertz CT molecular complexity index is 664. The van der Waals surface area contributed by atoms with Gasteiger partial charge in [-0.3, -0.25) is 4.57 Å². The molecule has 1 heterocycles. The van der Waals surface area contributed by atoms with Gasteiger partial charge in [-0.2, -0.15) is 13.2 Å². The van der Waals surface area contributed by atoms with Crippen LogP contribution >= 0.6 is 22.6 Å². The fraction of sp³-hybridized carbons (Fsp3) is 0.417. The minimum absolute atomic E-state index is 0.165. The van der Waals surface area contributed by atoms with E-state index in [1.165, 1.54) is 6.07 Å². The van der Waals surface area contributed by atoms with Crippen LogP contribution in [-0.2, 0) is 9.97 Å². The summed E-state index contributed by atoms with van der Waals surface area (Å²) in [6, 6.07) is 4.84. The van der Waals surface area contributed by atoms with Crippen LogP contribution in [0.15, 0.2) is 27.4 Å². The smallest absolute Gasteiger partial charge is 0.408 e. The second-order valence-corrected chi connectivity index (χ2v) is 7.42. The lowest BCUT2D eigenvalue weighted by molar-refractivity contribution is -0.140. The van der Waals surface area contributed by atoms with E-state index < -0.39 is 18.5 Å². The van der Waals surface area contributed by atoms with Crippen molar-refractivity contribution in [2.75, 3.05) is 0 Å². The third-order valence-corrected chi connectivity index (χ3v) is 3.31. The van der Waals surface area contributed by atoms with Crippen LogP contribution in [0.1, 0.15) is 19.4 Å². The molecule has 19 heavy (non-hydrogen) atoms. The van der Waals surface area contributed by atoms with Gasteiger partial charge in [0.25, 0.3) is 0 Å². The number of benzene rings is 1. The Morgan fingerprint density at radius 2 is 1.95 bits per heavy atom. The highest BCUT2D eigenvalue weighted by molar-refractivity contribution is 14.1. The van der Waals surface area contributed by atoms with E-state index in [0.29, 0.717) is 4.57 Å². The lowest BCUT2D eigenvalue weighted by Gasteiger charge is -2.16. The first-order valence-corrected chi connectivity index (χ1v) is 6.55. The summed E-state index contributed by atoms with van der Waals surface area (Å²) in [7, 11) is 0. The number of hydrogen-bond acceptors (Lipinski definition) is 2. The maximum atomic E-state index is 12.5. The normalized spacial score (nSPS) is 13.2. The average Bonchev–Trinajstić information content (AvgIpc) is 2.51. The number of aromatic nitrogens is 1. The summed E-state index contributed by atoms with van der Waals surface area (Å²) in [4.78, 5) is 11.5. The largest absolute Gasteiger partial charge is 0.420 e. The lowest BCUT2D eigenvalue weighted by Crippen LogP contribution is -2.25. The van der Waals surface area contributed by atoms with Crippen LogP contribution in [0.4, 0.5) is 13.2 Å². The number of oxazole rings is 1. The summed E-state index contributed by atoms with van der Waals surface area (Å²) >= 11 is 2.18. The molecular formula is C12H11F3INO2. The monoisotopic (exact) mass is 385 g/mol. The summed E-state index contributed by atoms with van der Waals surface area (Å²) < 4.78 is 42.6. The predicted molar refractivity (Wildman–Crippen MR) is 73.6 cm³/mol. The number of fused-ring (bicyclic) bond motifs is 1. The fourth-order valence-electron chi connectivity index (χ4n) is 1.76. The average molecular weight is 385 g/mol. The summed E-state index contributed by atoms with van der Waals surface area (Å²) in [5.74, 6) is -0.990. The fourth-order valence-corrected chi connectivity index (χ4v) is 2.10. The Hall–Kier alpha value is -0.990. The molecule has 0 fully saturated rings. The molecule has 2 rings (SSSR count). The van der Waals surface area contributed by atoms with E-state index in [4.69, 9.17) is 4.42 Å². The van der Waals surface area contributed by atoms with Crippen molar-refractivity contribution in [2.45, 2.75) is 30.0 Å². The highest BCUT2D eigenvalue weighted by Crippen LogP contribution is 2.32. The van der Waals surface area contributed by atoms with Crippen LogP contribution in [0.3, 0.4) is 0 Å². The van der Waals surface area contributed by atoms with E-state index in [1.807, 2.05) is 13.8 Å². The molecule has 3 nitrogen and oxygen atoms in total. The maximum Gasteiger partial charge on any atom is 0.420 e. The second-order valence-electron chi connectivity index (χ2n) is 4.72. The molecule has 0 unspecified atom stereocenters. The van der Waals surface area contributed by atoms with Gasteiger partial charge in [0, 0.05) is 3.42 Å². The number of halogens is 4. The zero-order valence-electron chi connectivity index (χ0n) is 10.2. The Balaban J connectivity index is 2.63. The quantitative estimate of drug-likeness (QED) is 0.582. The Labute approximate surface area is 120 Å². The summed E-state index contributed by atoms with van der Waals surface area (Å²) in [6.45, 7) is 2.52. The minimum Gasteiger partial charge on any atom is -0.408 e. The van der Waals surface area contributed by atoms with Gasteiger partial charge in [0.1, 0.15) is 6.54 Å². The van der Waals surface area contributed by atoms with E-state index in [-0.39, 0.29) is 14.5 Å². The van der Waals surface area contributed by atoms with Gasteiger partial charge in [-0.05, 0) is 31.5 Å². The van der Waals surface area contributed by atoms with Gasteiger partial charge in [-0.15, -0.1) is 0 Å². The molecule has 0 saturated heterocycles. The molecule has 0 aliphatic heterocycles. The highest BCUT2D eigenvalue weighted by atomic mass is 127. The second kappa shape index (κ2) is 4.53. The SMILES string of the molecule is CC(C)(I)c1ccc2oc(=O)n(CC(F)(F)F)c2c1. The van der Waals surface area contributed by atoms with Crippen LogP contribution in [0.5, 0.6) is 0 Å². The van der Waals surface area contributed by atoms with Gasteiger partial charge in [-0.25, -0.2) is 4.79 Å². The van der Waals surface area contributed by atoms with Crippen molar-refractivity contribution in [3.8, 4) is 0 Å². The molecule has 2 aromatic rings. The van der Waals surface area contributed by atoms with Crippen LogP contribution in [0.2, 0.25) is 0 Å². The molecule has 0 aliphatic rings. The molecule has 7 heteroatoms. The lowest BCUT2D eigenvalue weighted by atomic mass is 10.0. The third kappa shape index (κ3) is 3.13. The van der Waals surface area contributed by atoms with Crippen molar-refractivity contribution in [1.29, 1.82) is 0 Å². The predicted octanol–water partition coefficient (Wildman–Crippen LogP) is 3.83. The molecule has 1 aromatic heterocycles. The van der Waals surface area contributed by atoms with E-state index in [2.05, 4.69) is 22.6 Å². The Morgan fingerprint density at radius 3 is 2.47 bits per heavy atom. The number of rotatable bonds is 2. The first-order valence-electron chi connectivity index (χ1n) is 5.47. The molecule has 0 amide bonds. The minimum atomic E-state index is -4.46. The zero-order valence-corrected chi connectivity index (χ0v) is 12.4. The maximum absolute atomic E-state index is 12.5. The summed E-state index contributed by atoms with van der Waals surface area (Å²) in [5, 5.41) is 0. The van der Waals surface area contributed by atoms with E-state index in [0.717, 1.165) is 5.56 Å². The Morgan fingerprint density at radius 1 is 1.32 bits per heavy atom. The molecule has 0 N–H and O–H groups in total. The molecule has 0 radical (unpaired) electrons. The van der Waals surface area contributed by atoms with E-state index in [1.54, 1.807) is 12.1 Å². The van der Waals surface area contributed by atoms with Crippen LogP contribution in [-0.4, -0.2) is 10.7 Å². The zero-order chi connectivity index (χ0) is 14.4. The number of hydrogen-bond donors (Lipinski definition) is 0. The highest BCUT2D eigenvalue weighted by Gasteiger charge is 2.30. The van der Waals surface area contributed by atoms with Gasteiger partial charge >= 0.3 is 11.9 Å². The first-order chi connectivity index (χ1) is 8.58. The van der Waals surface area contributed by atoms with E-state index in [9.17, 15) is 18.0 Å². The topological polar surface area (TPSA) is 35.1 Å². The third-order valence-electron chi connectivity index (χ3n) is 2.69. The molecule has 0 spiro atoms. The summed E-state index contributed by atoms with van der Waals surface area (Å²) in [6.07, 6.45) is -4.46. The number of alkyl halides is 4. The molecule has 104 valence electrons. The first kappa shape index (κ1) is 14.4. The van der Waals surface area contributed by atoms with Crippen LogP contribution < -0.4 is 5.76 Å². The van der Waals surface area contributed by atoms with Crippen molar-refractivity contribution >= 4 is 33.7 Å². The van der Waals surface area contributed by atoms with Gasteiger partial charge in [-0.1, -0.05) is 28.7 Å². The van der Waals surface area contributed by atoms with Crippen molar-refractivity contribution < 1.29 is 17.6 Å².